The van der Waals surface area contributed by atoms with Crippen LogP contribution in [0.1, 0.15) is 45.1 Å². The van der Waals surface area contributed by atoms with Crippen molar-refractivity contribution in [3.05, 3.63) is 53.1 Å². The molecule has 31 heavy (non-hydrogen) atoms. The fraction of sp³-hybridized carbons (Fsp3) is 0.480. The summed E-state index contributed by atoms with van der Waals surface area (Å²) in [6, 6.07) is 14.5. The molecule has 0 radical (unpaired) electrons. The van der Waals surface area contributed by atoms with E-state index >= 15 is 0 Å². The van der Waals surface area contributed by atoms with Crippen molar-refractivity contribution in [2.75, 3.05) is 37.1 Å². The molecule has 1 saturated heterocycles. The molecule has 6 heteroatoms. The number of rotatable bonds is 8. The summed E-state index contributed by atoms with van der Waals surface area (Å²) in [4.78, 5) is 14.4. The van der Waals surface area contributed by atoms with Crippen LogP contribution in [0.3, 0.4) is 0 Å². The molecule has 0 saturated carbocycles. The Morgan fingerprint density at radius 3 is 2.65 bits per heavy atom. The van der Waals surface area contributed by atoms with Crippen molar-refractivity contribution in [2.45, 2.75) is 45.6 Å². The lowest BCUT2D eigenvalue weighted by Gasteiger charge is -2.40. The number of nitrogens with zero attached hydrogens (tertiary/aromatic N) is 1. The molecule has 1 N–H and O–H groups in total. The van der Waals surface area contributed by atoms with Crippen LogP contribution in [0.2, 0.25) is 5.02 Å². The highest BCUT2D eigenvalue weighted by atomic mass is 35.5. The van der Waals surface area contributed by atoms with Crippen LogP contribution in [0.15, 0.2) is 42.5 Å². The van der Waals surface area contributed by atoms with E-state index in [9.17, 15) is 4.79 Å². The normalized spacial score (nSPS) is 17.5. The summed E-state index contributed by atoms with van der Waals surface area (Å²) in [5, 5.41) is 4.29. The highest BCUT2D eigenvalue weighted by Crippen LogP contribution is 2.37. The molecular formula is C25H33ClN2O3. The number of methoxy groups -OCH3 is 1. The molecule has 2 atom stereocenters. The Hall–Kier alpha value is -2.24. The minimum absolute atomic E-state index is 0.109. The van der Waals surface area contributed by atoms with Crippen LogP contribution >= 0.6 is 11.6 Å². The van der Waals surface area contributed by atoms with Crippen molar-refractivity contribution in [1.82, 2.24) is 0 Å². The van der Waals surface area contributed by atoms with Crippen LogP contribution in [0.5, 0.6) is 0 Å². The van der Waals surface area contributed by atoms with E-state index in [0.29, 0.717) is 30.0 Å². The van der Waals surface area contributed by atoms with Gasteiger partial charge in [-0.15, -0.1) is 0 Å². The minimum atomic E-state index is -0.184. The molecule has 0 spiro atoms. The van der Waals surface area contributed by atoms with Crippen molar-refractivity contribution in [2.24, 2.45) is 5.92 Å². The highest BCUT2D eigenvalue weighted by molar-refractivity contribution is 6.30. The second-order valence-electron chi connectivity index (χ2n) is 8.37. The molecule has 5 nitrogen and oxygen atoms in total. The van der Waals surface area contributed by atoms with Crippen molar-refractivity contribution >= 4 is 34.6 Å². The average molecular weight is 445 g/mol. The van der Waals surface area contributed by atoms with Gasteiger partial charge in [0, 0.05) is 17.3 Å². The maximum atomic E-state index is 11.9. The number of hydrogen-bond acceptors (Lipinski definition) is 5. The molecule has 0 amide bonds. The van der Waals surface area contributed by atoms with Gasteiger partial charge in [-0.1, -0.05) is 38.4 Å². The number of nitrogens with one attached hydrogen (secondary N) is 1. The van der Waals surface area contributed by atoms with Gasteiger partial charge in [-0.05, 0) is 60.2 Å². The number of hydrogen-bond donors (Lipinski definition) is 1. The zero-order chi connectivity index (χ0) is 22.4. The molecule has 1 fully saturated rings. The third-order valence-electron chi connectivity index (χ3n) is 5.99. The molecular weight excluding hydrogens is 412 g/mol. The predicted octanol–water partition coefficient (Wildman–Crippen LogP) is 6.00. The lowest BCUT2D eigenvalue weighted by atomic mass is 9.92. The van der Waals surface area contributed by atoms with Gasteiger partial charge < -0.3 is 19.7 Å². The van der Waals surface area contributed by atoms with Gasteiger partial charge in [-0.3, -0.25) is 4.79 Å². The molecule has 2 aromatic rings. The smallest absolute Gasteiger partial charge is 0.306 e. The number of halogens is 1. The van der Waals surface area contributed by atoms with Crippen molar-refractivity contribution < 1.29 is 14.3 Å². The molecule has 1 aliphatic rings. The van der Waals surface area contributed by atoms with Crippen LogP contribution in [0.4, 0.5) is 17.1 Å². The van der Waals surface area contributed by atoms with E-state index in [1.807, 2.05) is 24.3 Å². The second-order valence-corrected chi connectivity index (χ2v) is 8.81. The quantitative estimate of drug-likeness (QED) is 0.506. The van der Waals surface area contributed by atoms with E-state index in [4.69, 9.17) is 21.1 Å². The van der Waals surface area contributed by atoms with Gasteiger partial charge >= 0.3 is 5.97 Å². The third-order valence-corrected chi connectivity index (χ3v) is 6.25. The molecule has 0 bridgehead atoms. The zero-order valence-electron chi connectivity index (χ0n) is 18.9. The number of carbonyl (C=O) groups excluding carboxylic acids is 1. The molecule has 3 rings (SSSR count). The summed E-state index contributed by atoms with van der Waals surface area (Å²) in [7, 11) is 1.44. The van der Waals surface area contributed by atoms with Crippen LogP contribution < -0.4 is 10.2 Å². The Labute approximate surface area is 190 Å². The number of esters is 1. The highest BCUT2D eigenvalue weighted by Gasteiger charge is 2.28. The van der Waals surface area contributed by atoms with Gasteiger partial charge in [0.2, 0.25) is 0 Å². The van der Waals surface area contributed by atoms with E-state index in [1.165, 1.54) is 7.11 Å². The Balaban J connectivity index is 2.00. The standard InChI is InChI=1S/C25H33ClN2O3/c1-5-18(15-25(29)30-4)19-6-11-23(28-12-13-31-16-24(28)17(2)3)22(14-19)27-21-9-7-20(26)8-10-21/h6-11,14,17-18,24,27H,5,12-13,15-16H2,1-4H3/t18-,24+/m0/s1. The van der Waals surface area contributed by atoms with Gasteiger partial charge in [0.05, 0.1) is 44.2 Å². The zero-order valence-corrected chi connectivity index (χ0v) is 19.6. The summed E-state index contributed by atoms with van der Waals surface area (Å²) in [6.07, 6.45) is 1.24. The van der Waals surface area contributed by atoms with Crippen molar-refractivity contribution in [1.29, 1.82) is 0 Å². The number of morpholine rings is 1. The molecule has 1 heterocycles. The number of anilines is 3. The van der Waals surface area contributed by atoms with Gasteiger partial charge in [-0.25, -0.2) is 0 Å². The fourth-order valence-electron chi connectivity index (χ4n) is 4.10. The maximum Gasteiger partial charge on any atom is 0.306 e. The third kappa shape index (κ3) is 5.92. The molecule has 0 unspecified atom stereocenters. The fourth-order valence-corrected chi connectivity index (χ4v) is 4.23. The lowest BCUT2D eigenvalue weighted by Crippen LogP contribution is -2.48. The largest absolute Gasteiger partial charge is 0.469 e. The molecule has 2 aromatic carbocycles. The first-order chi connectivity index (χ1) is 14.9. The Morgan fingerprint density at radius 1 is 1.26 bits per heavy atom. The van der Waals surface area contributed by atoms with Crippen LogP contribution in [0.25, 0.3) is 0 Å². The van der Waals surface area contributed by atoms with Gasteiger partial charge in [-0.2, -0.15) is 0 Å². The SMILES string of the molecule is CC[C@@H](CC(=O)OC)c1ccc(N2CCOC[C@@H]2C(C)C)c(Nc2ccc(Cl)cc2)c1. The summed E-state index contributed by atoms with van der Waals surface area (Å²) >= 11 is 6.08. The summed E-state index contributed by atoms with van der Waals surface area (Å²) in [6.45, 7) is 8.85. The topological polar surface area (TPSA) is 50.8 Å². The van der Waals surface area contributed by atoms with Gasteiger partial charge in [0.15, 0.2) is 0 Å². The molecule has 1 aliphatic heterocycles. The Bertz CT molecular complexity index is 870. The molecule has 0 aromatic heterocycles. The second kappa shape index (κ2) is 10.9. The Morgan fingerprint density at radius 2 is 2.00 bits per heavy atom. The monoisotopic (exact) mass is 444 g/mol. The first-order valence-electron chi connectivity index (χ1n) is 11.0. The van der Waals surface area contributed by atoms with Crippen molar-refractivity contribution in [3.8, 4) is 0 Å². The van der Waals surface area contributed by atoms with Crippen LogP contribution in [-0.4, -0.2) is 38.9 Å². The van der Waals surface area contributed by atoms with E-state index in [-0.39, 0.29) is 11.9 Å². The van der Waals surface area contributed by atoms with Crippen molar-refractivity contribution in [3.63, 3.8) is 0 Å². The number of carbonyl (C=O) groups is 1. The minimum Gasteiger partial charge on any atom is -0.469 e. The first kappa shape index (κ1) is 23.4. The van der Waals surface area contributed by atoms with E-state index < -0.39 is 0 Å². The Kier molecular flexibility index (Phi) is 8.22. The number of ether oxygens (including phenoxy) is 2. The number of benzene rings is 2. The maximum absolute atomic E-state index is 11.9. The lowest BCUT2D eigenvalue weighted by molar-refractivity contribution is -0.141. The average Bonchev–Trinajstić information content (AvgIpc) is 2.78. The summed E-state index contributed by atoms with van der Waals surface area (Å²) in [5.74, 6) is 0.389. The van der Waals surface area contributed by atoms with E-state index in [0.717, 1.165) is 42.2 Å². The molecule has 168 valence electrons. The van der Waals surface area contributed by atoms with Gasteiger partial charge in [0.25, 0.3) is 0 Å². The summed E-state index contributed by atoms with van der Waals surface area (Å²) < 4.78 is 10.7. The first-order valence-corrected chi connectivity index (χ1v) is 11.4. The van der Waals surface area contributed by atoms with Crippen LogP contribution in [0, 0.1) is 5.92 Å². The summed E-state index contributed by atoms with van der Waals surface area (Å²) in [5.41, 5.74) is 4.27. The van der Waals surface area contributed by atoms with E-state index in [2.05, 4.69) is 49.2 Å². The predicted molar refractivity (Wildman–Crippen MR) is 128 cm³/mol. The van der Waals surface area contributed by atoms with E-state index in [1.54, 1.807) is 0 Å². The van der Waals surface area contributed by atoms with Crippen LogP contribution in [-0.2, 0) is 14.3 Å². The molecule has 0 aliphatic carbocycles. The van der Waals surface area contributed by atoms with Gasteiger partial charge in [0.1, 0.15) is 0 Å².